The van der Waals surface area contributed by atoms with E-state index in [9.17, 15) is 9.59 Å². The largest absolute Gasteiger partial charge is 0.478 e. The minimum absolute atomic E-state index is 0.0389. The van der Waals surface area contributed by atoms with Crippen molar-refractivity contribution in [2.24, 2.45) is 0 Å². The van der Waals surface area contributed by atoms with Gasteiger partial charge < -0.3 is 10.4 Å². The molecule has 0 radical (unpaired) electrons. The number of aromatic carboxylic acids is 1. The number of hydrogen-bond acceptors (Lipinski definition) is 3. The molecular weight excluding hydrogens is 268 g/mol. The number of para-hydroxylation sites is 1. The number of anilines is 1. The van der Waals surface area contributed by atoms with E-state index >= 15 is 0 Å². The molecule has 2 rings (SSSR count). The SMILES string of the molecule is Cc1cccc(C(=O)O)c1NC(=O)c1ccc(C#N)cc1. The van der Waals surface area contributed by atoms with Crippen LogP contribution < -0.4 is 5.32 Å². The van der Waals surface area contributed by atoms with Gasteiger partial charge in [-0.1, -0.05) is 12.1 Å². The van der Waals surface area contributed by atoms with Crippen LogP contribution in [-0.4, -0.2) is 17.0 Å². The molecule has 21 heavy (non-hydrogen) atoms. The molecule has 0 saturated carbocycles. The summed E-state index contributed by atoms with van der Waals surface area (Å²) in [4.78, 5) is 23.3. The Kier molecular flexibility index (Phi) is 4.00. The molecule has 0 spiro atoms. The number of carboxylic acids is 1. The summed E-state index contributed by atoms with van der Waals surface area (Å²) >= 11 is 0. The Bertz CT molecular complexity index is 743. The summed E-state index contributed by atoms with van der Waals surface area (Å²) in [6.07, 6.45) is 0. The molecule has 0 heterocycles. The van der Waals surface area contributed by atoms with Crippen molar-refractivity contribution in [2.45, 2.75) is 6.92 Å². The smallest absolute Gasteiger partial charge is 0.337 e. The zero-order valence-electron chi connectivity index (χ0n) is 11.3. The number of aryl methyl sites for hydroxylation is 1. The average Bonchev–Trinajstić information content (AvgIpc) is 2.49. The van der Waals surface area contributed by atoms with Gasteiger partial charge in [-0.25, -0.2) is 4.79 Å². The lowest BCUT2D eigenvalue weighted by Gasteiger charge is -2.11. The van der Waals surface area contributed by atoms with Crippen LogP contribution in [0, 0.1) is 18.3 Å². The molecular formula is C16H12N2O3. The summed E-state index contributed by atoms with van der Waals surface area (Å²) in [6, 6.07) is 12.9. The van der Waals surface area contributed by atoms with Crippen LogP contribution >= 0.6 is 0 Å². The minimum Gasteiger partial charge on any atom is -0.478 e. The third kappa shape index (κ3) is 3.07. The van der Waals surface area contributed by atoms with Gasteiger partial charge in [0.05, 0.1) is 22.9 Å². The van der Waals surface area contributed by atoms with Crippen LogP contribution in [-0.2, 0) is 0 Å². The van der Waals surface area contributed by atoms with Crippen LogP contribution in [0.15, 0.2) is 42.5 Å². The lowest BCUT2D eigenvalue weighted by atomic mass is 10.1. The Hall–Kier alpha value is -3.13. The second-order valence-corrected chi connectivity index (χ2v) is 4.45. The first-order valence-corrected chi connectivity index (χ1v) is 6.17. The number of benzene rings is 2. The molecule has 0 atom stereocenters. The third-order valence-corrected chi connectivity index (χ3v) is 3.02. The van der Waals surface area contributed by atoms with Crippen molar-refractivity contribution in [1.82, 2.24) is 0 Å². The number of nitrogens with zero attached hydrogens (tertiary/aromatic N) is 1. The molecule has 104 valence electrons. The van der Waals surface area contributed by atoms with Crippen molar-refractivity contribution in [1.29, 1.82) is 5.26 Å². The number of nitrogens with one attached hydrogen (secondary N) is 1. The molecule has 0 aliphatic carbocycles. The molecule has 0 aromatic heterocycles. The number of amides is 1. The molecule has 0 saturated heterocycles. The summed E-state index contributed by atoms with van der Waals surface area (Å²) in [5.74, 6) is -1.52. The predicted molar refractivity (Wildman–Crippen MR) is 77.2 cm³/mol. The van der Waals surface area contributed by atoms with Crippen LogP contribution in [0.2, 0.25) is 0 Å². The van der Waals surface area contributed by atoms with E-state index in [1.807, 2.05) is 6.07 Å². The van der Waals surface area contributed by atoms with Gasteiger partial charge in [0.1, 0.15) is 0 Å². The number of rotatable bonds is 3. The molecule has 2 aromatic carbocycles. The predicted octanol–water partition coefficient (Wildman–Crippen LogP) is 2.82. The number of hydrogen-bond donors (Lipinski definition) is 2. The van der Waals surface area contributed by atoms with Crippen molar-refractivity contribution in [2.75, 3.05) is 5.32 Å². The maximum absolute atomic E-state index is 12.2. The van der Waals surface area contributed by atoms with E-state index in [2.05, 4.69) is 5.32 Å². The Balaban J connectivity index is 2.31. The van der Waals surface area contributed by atoms with E-state index in [0.717, 1.165) is 0 Å². The first-order valence-electron chi connectivity index (χ1n) is 6.17. The van der Waals surface area contributed by atoms with Crippen molar-refractivity contribution in [3.63, 3.8) is 0 Å². The average molecular weight is 280 g/mol. The zero-order chi connectivity index (χ0) is 15.4. The molecule has 0 unspecified atom stereocenters. The fourth-order valence-electron chi connectivity index (χ4n) is 1.89. The molecule has 5 heteroatoms. The van der Waals surface area contributed by atoms with Crippen LogP contribution in [0.5, 0.6) is 0 Å². The first kappa shape index (κ1) is 14.3. The van der Waals surface area contributed by atoms with E-state index in [0.29, 0.717) is 16.7 Å². The highest BCUT2D eigenvalue weighted by Crippen LogP contribution is 2.21. The van der Waals surface area contributed by atoms with Gasteiger partial charge in [-0.3, -0.25) is 4.79 Å². The number of carbonyl (C=O) groups excluding carboxylic acids is 1. The van der Waals surface area contributed by atoms with Gasteiger partial charge in [-0.2, -0.15) is 5.26 Å². The summed E-state index contributed by atoms with van der Waals surface area (Å²) in [6.45, 7) is 1.72. The summed E-state index contributed by atoms with van der Waals surface area (Å²) in [5, 5.41) is 20.5. The quantitative estimate of drug-likeness (QED) is 0.904. The van der Waals surface area contributed by atoms with E-state index in [1.165, 1.54) is 30.3 Å². The highest BCUT2D eigenvalue weighted by molar-refractivity contribution is 6.08. The highest BCUT2D eigenvalue weighted by atomic mass is 16.4. The molecule has 0 fully saturated rings. The molecule has 2 aromatic rings. The van der Waals surface area contributed by atoms with E-state index in [4.69, 9.17) is 10.4 Å². The Morgan fingerprint density at radius 1 is 1.14 bits per heavy atom. The second kappa shape index (κ2) is 5.88. The van der Waals surface area contributed by atoms with E-state index < -0.39 is 11.9 Å². The van der Waals surface area contributed by atoms with Crippen LogP contribution in [0.4, 0.5) is 5.69 Å². The number of carbonyl (C=O) groups is 2. The van der Waals surface area contributed by atoms with Crippen LogP contribution in [0.25, 0.3) is 0 Å². The normalized spacial score (nSPS) is 9.71. The fourth-order valence-corrected chi connectivity index (χ4v) is 1.89. The van der Waals surface area contributed by atoms with Crippen molar-refractivity contribution in [3.8, 4) is 6.07 Å². The molecule has 2 N–H and O–H groups in total. The molecule has 5 nitrogen and oxygen atoms in total. The topological polar surface area (TPSA) is 90.2 Å². The second-order valence-electron chi connectivity index (χ2n) is 4.45. The maximum atomic E-state index is 12.2. The van der Waals surface area contributed by atoms with Gasteiger partial charge in [0.15, 0.2) is 0 Å². The van der Waals surface area contributed by atoms with Gasteiger partial charge in [0.2, 0.25) is 0 Å². The Morgan fingerprint density at radius 3 is 2.38 bits per heavy atom. The maximum Gasteiger partial charge on any atom is 0.337 e. The first-order chi connectivity index (χ1) is 10.0. The molecule has 1 amide bonds. The van der Waals surface area contributed by atoms with Gasteiger partial charge in [0, 0.05) is 5.56 Å². The minimum atomic E-state index is -1.10. The number of carboxylic acid groups (broad SMARTS) is 1. The van der Waals surface area contributed by atoms with Crippen molar-refractivity contribution >= 4 is 17.6 Å². The number of nitriles is 1. The molecule has 0 aliphatic heterocycles. The van der Waals surface area contributed by atoms with Gasteiger partial charge in [-0.05, 0) is 42.8 Å². The summed E-state index contributed by atoms with van der Waals surface area (Å²) in [7, 11) is 0. The monoisotopic (exact) mass is 280 g/mol. The third-order valence-electron chi connectivity index (χ3n) is 3.02. The zero-order valence-corrected chi connectivity index (χ0v) is 11.3. The van der Waals surface area contributed by atoms with Crippen LogP contribution in [0.1, 0.15) is 31.8 Å². The Labute approximate surface area is 121 Å². The lowest BCUT2D eigenvalue weighted by Crippen LogP contribution is -2.15. The molecule has 0 aliphatic rings. The van der Waals surface area contributed by atoms with Crippen LogP contribution in [0.3, 0.4) is 0 Å². The van der Waals surface area contributed by atoms with Crippen molar-refractivity contribution < 1.29 is 14.7 Å². The highest BCUT2D eigenvalue weighted by Gasteiger charge is 2.15. The standard InChI is InChI=1S/C16H12N2O3/c1-10-3-2-4-13(16(20)21)14(10)18-15(19)12-7-5-11(9-17)6-8-12/h2-8H,1H3,(H,18,19)(H,20,21). The summed E-state index contributed by atoms with van der Waals surface area (Å²) < 4.78 is 0. The Morgan fingerprint density at radius 2 is 1.81 bits per heavy atom. The van der Waals surface area contributed by atoms with Gasteiger partial charge in [0.25, 0.3) is 5.91 Å². The van der Waals surface area contributed by atoms with Crippen molar-refractivity contribution in [3.05, 3.63) is 64.7 Å². The van der Waals surface area contributed by atoms with Gasteiger partial charge in [-0.15, -0.1) is 0 Å². The van der Waals surface area contributed by atoms with E-state index in [-0.39, 0.29) is 11.3 Å². The van der Waals surface area contributed by atoms with Gasteiger partial charge >= 0.3 is 5.97 Å². The van der Waals surface area contributed by atoms with E-state index in [1.54, 1.807) is 19.1 Å². The lowest BCUT2D eigenvalue weighted by molar-refractivity contribution is 0.0698. The molecule has 0 bridgehead atoms. The summed E-state index contributed by atoms with van der Waals surface area (Å²) in [5.41, 5.74) is 1.79. The fraction of sp³-hybridized carbons (Fsp3) is 0.0625.